The first-order valence-electron chi connectivity index (χ1n) is 6.98. The molecule has 1 unspecified atom stereocenters. The van der Waals surface area contributed by atoms with E-state index >= 15 is 0 Å². The van der Waals surface area contributed by atoms with Crippen molar-refractivity contribution < 1.29 is 4.74 Å². The van der Waals surface area contributed by atoms with Gasteiger partial charge >= 0.3 is 0 Å². The van der Waals surface area contributed by atoms with E-state index in [4.69, 9.17) is 4.74 Å². The Balaban J connectivity index is 1.56. The number of pyridine rings is 1. The van der Waals surface area contributed by atoms with Crippen LogP contribution in [0.3, 0.4) is 0 Å². The summed E-state index contributed by atoms with van der Waals surface area (Å²) < 4.78 is 6.20. The molecule has 0 aromatic carbocycles. The Morgan fingerprint density at radius 2 is 2.32 bits per heavy atom. The fourth-order valence-electron chi connectivity index (χ4n) is 3.53. The number of nitrogens with zero attached hydrogens (tertiary/aromatic N) is 3. The molecule has 4 aliphatic heterocycles. The molecule has 5 rings (SSSR count). The number of rotatable bonds is 1. The van der Waals surface area contributed by atoms with E-state index in [1.54, 1.807) is 12.4 Å². The van der Waals surface area contributed by atoms with Crippen LogP contribution in [0.5, 0.6) is 0 Å². The molecular formula is C14H18N4O. The van der Waals surface area contributed by atoms with Crippen molar-refractivity contribution in [2.45, 2.75) is 18.4 Å². The molecule has 4 aliphatic rings. The Kier molecular flexibility index (Phi) is 2.48. The van der Waals surface area contributed by atoms with Gasteiger partial charge in [-0.15, -0.1) is 0 Å². The first-order chi connectivity index (χ1) is 9.34. The van der Waals surface area contributed by atoms with Gasteiger partial charge in [0.25, 0.3) is 6.02 Å². The highest BCUT2D eigenvalue weighted by Gasteiger charge is 2.52. The monoisotopic (exact) mass is 258 g/mol. The van der Waals surface area contributed by atoms with E-state index in [0.717, 1.165) is 18.8 Å². The van der Waals surface area contributed by atoms with Crippen molar-refractivity contribution in [3.8, 4) is 0 Å². The summed E-state index contributed by atoms with van der Waals surface area (Å²) in [7, 11) is 0. The SMILES string of the molecule is c1cncc(/N=C2\NCC3(CN4CCC3CC4)O2)c1. The van der Waals surface area contributed by atoms with Crippen molar-refractivity contribution in [1.29, 1.82) is 0 Å². The van der Waals surface area contributed by atoms with Crippen LogP contribution >= 0.6 is 0 Å². The maximum absolute atomic E-state index is 6.20. The van der Waals surface area contributed by atoms with Gasteiger partial charge in [-0.05, 0) is 38.1 Å². The lowest BCUT2D eigenvalue weighted by Crippen LogP contribution is -2.60. The van der Waals surface area contributed by atoms with Crippen LogP contribution in [0.25, 0.3) is 0 Å². The van der Waals surface area contributed by atoms with Gasteiger partial charge in [-0.3, -0.25) is 9.88 Å². The number of aromatic nitrogens is 1. The molecule has 2 bridgehead atoms. The van der Waals surface area contributed by atoms with Gasteiger partial charge in [-0.1, -0.05) is 0 Å². The first kappa shape index (κ1) is 11.2. The second-order valence-corrected chi connectivity index (χ2v) is 5.70. The molecule has 19 heavy (non-hydrogen) atoms. The summed E-state index contributed by atoms with van der Waals surface area (Å²) in [5, 5.41) is 3.32. The van der Waals surface area contributed by atoms with Crippen LogP contribution in [0.1, 0.15) is 12.8 Å². The minimum absolute atomic E-state index is 0.0441. The Morgan fingerprint density at radius 1 is 1.42 bits per heavy atom. The minimum atomic E-state index is -0.0441. The average Bonchev–Trinajstić information content (AvgIpc) is 2.84. The van der Waals surface area contributed by atoms with E-state index in [2.05, 4.69) is 20.2 Å². The van der Waals surface area contributed by atoms with E-state index in [9.17, 15) is 0 Å². The van der Waals surface area contributed by atoms with Crippen molar-refractivity contribution in [2.24, 2.45) is 10.9 Å². The number of amidine groups is 1. The van der Waals surface area contributed by atoms with Gasteiger partial charge in [-0.2, -0.15) is 4.99 Å². The number of nitrogens with one attached hydrogen (secondary N) is 1. The predicted octanol–water partition coefficient (Wildman–Crippen LogP) is 1.15. The zero-order chi connectivity index (χ0) is 12.7. The summed E-state index contributed by atoms with van der Waals surface area (Å²) in [6.45, 7) is 4.37. The van der Waals surface area contributed by atoms with Crippen molar-refractivity contribution in [3.05, 3.63) is 24.5 Å². The lowest BCUT2D eigenvalue weighted by molar-refractivity contribution is -0.0800. The molecule has 100 valence electrons. The summed E-state index contributed by atoms with van der Waals surface area (Å²) in [6.07, 6.45) is 6.00. The summed E-state index contributed by atoms with van der Waals surface area (Å²) in [6, 6.07) is 4.48. The molecule has 4 fully saturated rings. The highest BCUT2D eigenvalue weighted by atomic mass is 16.5. The van der Waals surface area contributed by atoms with Crippen molar-refractivity contribution in [3.63, 3.8) is 0 Å². The fraction of sp³-hybridized carbons (Fsp3) is 0.571. The maximum atomic E-state index is 6.20. The molecule has 1 aromatic rings. The second kappa shape index (κ2) is 4.20. The number of piperidine rings is 3. The predicted molar refractivity (Wildman–Crippen MR) is 72.3 cm³/mol. The molecule has 1 aromatic heterocycles. The summed E-state index contributed by atoms with van der Waals surface area (Å²) in [5.74, 6) is 0.673. The molecule has 0 saturated carbocycles. The van der Waals surface area contributed by atoms with E-state index < -0.39 is 0 Å². The van der Waals surface area contributed by atoms with E-state index in [1.165, 1.54) is 25.9 Å². The van der Waals surface area contributed by atoms with Gasteiger partial charge in [-0.25, -0.2) is 0 Å². The van der Waals surface area contributed by atoms with Gasteiger partial charge < -0.3 is 10.1 Å². The van der Waals surface area contributed by atoms with Gasteiger partial charge in [0.1, 0.15) is 5.60 Å². The number of ether oxygens (including phenoxy) is 1. The van der Waals surface area contributed by atoms with Gasteiger partial charge in [0.05, 0.1) is 18.4 Å². The summed E-state index contributed by atoms with van der Waals surface area (Å²) in [4.78, 5) is 11.1. The molecule has 5 nitrogen and oxygen atoms in total. The third-order valence-corrected chi connectivity index (χ3v) is 4.54. The molecule has 5 heteroatoms. The zero-order valence-corrected chi connectivity index (χ0v) is 10.9. The normalized spacial score (nSPS) is 38.4. The van der Waals surface area contributed by atoms with E-state index in [0.29, 0.717) is 11.9 Å². The Morgan fingerprint density at radius 3 is 3.00 bits per heavy atom. The average molecular weight is 258 g/mol. The van der Waals surface area contributed by atoms with Crippen LogP contribution in [-0.2, 0) is 4.74 Å². The topological polar surface area (TPSA) is 49.8 Å². The van der Waals surface area contributed by atoms with Crippen molar-refractivity contribution >= 4 is 11.7 Å². The van der Waals surface area contributed by atoms with Crippen LogP contribution in [0.4, 0.5) is 5.69 Å². The van der Waals surface area contributed by atoms with Crippen LogP contribution in [0.2, 0.25) is 0 Å². The van der Waals surface area contributed by atoms with Crippen LogP contribution < -0.4 is 5.32 Å². The highest BCUT2D eigenvalue weighted by Crippen LogP contribution is 2.40. The number of hydrogen-bond acceptors (Lipinski definition) is 4. The molecule has 1 spiro atoms. The summed E-state index contributed by atoms with van der Waals surface area (Å²) >= 11 is 0. The smallest absolute Gasteiger partial charge is 0.290 e. The third-order valence-electron chi connectivity index (χ3n) is 4.54. The standard InChI is InChI=1S/C14H18N4O/c1-2-12(8-15-5-1)17-13-16-9-14(19-13)10-18-6-3-11(14)4-7-18/h1-2,5,8,11H,3-4,6-7,9-10H2,(H,16,17). The molecule has 1 N–H and O–H groups in total. The number of hydrogen-bond donors (Lipinski definition) is 1. The fourth-order valence-corrected chi connectivity index (χ4v) is 3.53. The van der Waals surface area contributed by atoms with Gasteiger partial charge in [0, 0.05) is 18.7 Å². The quantitative estimate of drug-likeness (QED) is 0.821. The van der Waals surface area contributed by atoms with Gasteiger partial charge in [0.15, 0.2) is 0 Å². The van der Waals surface area contributed by atoms with E-state index in [-0.39, 0.29) is 5.60 Å². The third kappa shape index (κ3) is 1.89. The molecule has 1 atom stereocenters. The Labute approximate surface area is 112 Å². The lowest BCUT2D eigenvalue weighted by atomic mass is 9.75. The van der Waals surface area contributed by atoms with Crippen LogP contribution in [-0.4, -0.2) is 47.7 Å². The molecule has 4 saturated heterocycles. The molecule has 0 aliphatic carbocycles. The van der Waals surface area contributed by atoms with Crippen molar-refractivity contribution in [1.82, 2.24) is 15.2 Å². The molecular weight excluding hydrogens is 240 g/mol. The van der Waals surface area contributed by atoms with Crippen molar-refractivity contribution in [2.75, 3.05) is 26.2 Å². The minimum Gasteiger partial charge on any atom is -0.455 e. The van der Waals surface area contributed by atoms with Crippen LogP contribution in [0.15, 0.2) is 29.5 Å². The summed E-state index contributed by atoms with van der Waals surface area (Å²) in [5.41, 5.74) is 0.792. The second-order valence-electron chi connectivity index (χ2n) is 5.70. The lowest BCUT2D eigenvalue weighted by Gasteiger charge is -2.49. The Bertz CT molecular complexity index is 495. The maximum Gasteiger partial charge on any atom is 0.290 e. The highest BCUT2D eigenvalue weighted by molar-refractivity contribution is 5.79. The first-order valence-corrected chi connectivity index (χ1v) is 6.98. The number of aliphatic imine (C=N–C) groups is 1. The van der Waals surface area contributed by atoms with Gasteiger partial charge in [0.2, 0.25) is 0 Å². The van der Waals surface area contributed by atoms with Crippen LogP contribution in [0, 0.1) is 5.92 Å². The molecule has 0 radical (unpaired) electrons. The number of fused-ring (bicyclic) bond motifs is 2. The molecule has 5 heterocycles. The van der Waals surface area contributed by atoms with E-state index in [1.807, 2.05) is 12.1 Å². The molecule has 0 amide bonds. The Hall–Kier alpha value is -1.62. The largest absolute Gasteiger partial charge is 0.455 e. The zero-order valence-electron chi connectivity index (χ0n) is 10.9.